The maximum absolute atomic E-state index is 11.7. The van der Waals surface area contributed by atoms with Crippen LogP contribution < -0.4 is 10.1 Å². The monoisotopic (exact) mass is 317 g/mol. The van der Waals surface area contributed by atoms with Crippen molar-refractivity contribution in [3.05, 3.63) is 23.9 Å². The van der Waals surface area contributed by atoms with Crippen LogP contribution in [0.4, 0.5) is 0 Å². The Morgan fingerprint density at radius 1 is 1.39 bits per heavy atom. The first-order valence-electron chi connectivity index (χ1n) is 8.23. The molecule has 2 heterocycles. The number of Topliss-reactive ketones (excluding diaryl/α,β-unsaturated/α-hetero) is 1. The number of piperidine rings is 1. The fourth-order valence-electron chi connectivity index (χ4n) is 2.56. The molecule has 2 rings (SSSR count). The maximum Gasteiger partial charge on any atom is 0.213 e. The summed E-state index contributed by atoms with van der Waals surface area (Å²) in [5.74, 6) is 0.819. The molecule has 23 heavy (non-hydrogen) atoms. The van der Waals surface area contributed by atoms with Gasteiger partial charge in [-0.1, -0.05) is 13.8 Å². The average molecular weight is 317 g/mol. The summed E-state index contributed by atoms with van der Waals surface area (Å²) in [5, 5.41) is 3.32. The van der Waals surface area contributed by atoms with Crippen molar-refractivity contribution in [1.29, 1.82) is 0 Å². The molecule has 0 amide bonds. The molecular weight excluding hydrogens is 290 g/mol. The lowest BCUT2D eigenvalue weighted by molar-refractivity contribution is -0.124. The molecule has 0 bridgehead atoms. The average Bonchev–Trinajstić information content (AvgIpc) is 2.54. The molecule has 0 aromatic carbocycles. The third-order valence-electron chi connectivity index (χ3n) is 4.48. The summed E-state index contributed by atoms with van der Waals surface area (Å²) in [6.45, 7) is 7.51. The van der Waals surface area contributed by atoms with Gasteiger partial charge in [0.2, 0.25) is 5.88 Å². The summed E-state index contributed by atoms with van der Waals surface area (Å²) in [5.41, 5.74) is 1.42. The number of carbonyl (C=O) groups is 1. The number of nitrogens with one attached hydrogen (secondary N) is 1. The van der Waals surface area contributed by atoms with E-state index in [9.17, 15) is 4.79 Å². The molecule has 1 saturated heterocycles. The predicted molar refractivity (Wildman–Crippen MR) is 92.3 cm³/mol. The quantitative estimate of drug-likeness (QED) is 0.819. The number of pyridine rings is 1. The molecule has 1 fully saturated rings. The van der Waals surface area contributed by atoms with Crippen LogP contribution in [0.2, 0.25) is 0 Å². The molecule has 1 N–H and O–H groups in total. The normalized spacial score (nSPS) is 17.1. The molecule has 5 heteroatoms. The summed E-state index contributed by atoms with van der Waals surface area (Å²) in [6, 6.07) is 3.87. The Labute approximate surface area is 138 Å². The van der Waals surface area contributed by atoms with Gasteiger partial charge < -0.3 is 10.1 Å². The first-order valence-corrected chi connectivity index (χ1v) is 8.23. The zero-order valence-electron chi connectivity index (χ0n) is 14.6. The number of hydrogen-bond acceptors (Lipinski definition) is 5. The van der Waals surface area contributed by atoms with Gasteiger partial charge in [-0.05, 0) is 38.9 Å². The maximum atomic E-state index is 11.7. The zero-order chi connectivity index (χ0) is 16.9. The van der Waals surface area contributed by atoms with Crippen molar-refractivity contribution in [2.24, 2.45) is 10.4 Å². The van der Waals surface area contributed by atoms with Gasteiger partial charge in [0.15, 0.2) is 0 Å². The Hall–Kier alpha value is -1.75. The summed E-state index contributed by atoms with van der Waals surface area (Å²) in [6.07, 6.45) is 4.66. The summed E-state index contributed by atoms with van der Waals surface area (Å²) >= 11 is 0. The molecule has 1 aromatic rings. The summed E-state index contributed by atoms with van der Waals surface area (Å²) < 4.78 is 5.92. The van der Waals surface area contributed by atoms with Gasteiger partial charge in [-0.3, -0.25) is 9.79 Å². The van der Waals surface area contributed by atoms with Gasteiger partial charge in [0.1, 0.15) is 11.9 Å². The van der Waals surface area contributed by atoms with Crippen molar-refractivity contribution < 1.29 is 9.53 Å². The van der Waals surface area contributed by atoms with E-state index >= 15 is 0 Å². The summed E-state index contributed by atoms with van der Waals surface area (Å²) in [4.78, 5) is 20.5. The highest BCUT2D eigenvalue weighted by molar-refractivity contribution is 6.03. The molecule has 126 valence electrons. The second kappa shape index (κ2) is 7.68. The molecule has 0 spiro atoms. The SMILES string of the molecule is CN=C(CC(C)(C)C(C)=O)c1ccc(OC2CCNCC2)nc1. The number of hydrogen-bond donors (Lipinski definition) is 1. The van der Waals surface area contributed by atoms with Gasteiger partial charge >= 0.3 is 0 Å². The van der Waals surface area contributed by atoms with Gasteiger partial charge in [-0.2, -0.15) is 0 Å². The Kier molecular flexibility index (Phi) is 5.88. The largest absolute Gasteiger partial charge is 0.474 e. The Morgan fingerprint density at radius 3 is 2.61 bits per heavy atom. The van der Waals surface area contributed by atoms with Crippen LogP contribution in [0.25, 0.3) is 0 Å². The number of ketones is 1. The van der Waals surface area contributed by atoms with E-state index in [2.05, 4.69) is 15.3 Å². The van der Waals surface area contributed by atoms with Crippen LogP contribution >= 0.6 is 0 Å². The lowest BCUT2D eigenvalue weighted by Gasteiger charge is -2.23. The summed E-state index contributed by atoms with van der Waals surface area (Å²) in [7, 11) is 1.75. The van der Waals surface area contributed by atoms with Crippen LogP contribution in [-0.2, 0) is 4.79 Å². The molecule has 5 nitrogen and oxygen atoms in total. The molecule has 0 saturated carbocycles. The van der Waals surface area contributed by atoms with Crippen molar-refractivity contribution in [3.63, 3.8) is 0 Å². The number of aliphatic imine (C=N–C) groups is 1. The van der Waals surface area contributed by atoms with Gasteiger partial charge in [0, 0.05) is 42.4 Å². The van der Waals surface area contributed by atoms with E-state index < -0.39 is 5.41 Å². The van der Waals surface area contributed by atoms with Crippen molar-refractivity contribution in [2.45, 2.75) is 46.1 Å². The van der Waals surface area contributed by atoms with E-state index in [4.69, 9.17) is 4.74 Å². The first-order chi connectivity index (χ1) is 10.9. The van der Waals surface area contributed by atoms with E-state index in [0.29, 0.717) is 12.3 Å². The van der Waals surface area contributed by atoms with Gasteiger partial charge in [-0.15, -0.1) is 0 Å². The Balaban J connectivity index is 2.03. The number of ether oxygens (including phenoxy) is 1. The minimum absolute atomic E-state index is 0.164. The fourth-order valence-corrected chi connectivity index (χ4v) is 2.56. The topological polar surface area (TPSA) is 63.6 Å². The van der Waals surface area contributed by atoms with E-state index in [1.807, 2.05) is 26.0 Å². The van der Waals surface area contributed by atoms with Gasteiger partial charge in [-0.25, -0.2) is 4.98 Å². The van der Waals surface area contributed by atoms with Crippen molar-refractivity contribution in [1.82, 2.24) is 10.3 Å². The smallest absolute Gasteiger partial charge is 0.213 e. The third kappa shape index (κ3) is 4.86. The highest BCUT2D eigenvalue weighted by atomic mass is 16.5. The minimum Gasteiger partial charge on any atom is -0.474 e. The minimum atomic E-state index is -0.418. The van der Waals surface area contributed by atoms with E-state index in [1.54, 1.807) is 20.2 Å². The Bertz CT molecular complexity index is 558. The molecule has 0 radical (unpaired) electrons. The van der Waals surface area contributed by atoms with Gasteiger partial charge in [0.25, 0.3) is 0 Å². The van der Waals surface area contributed by atoms with E-state index in [0.717, 1.165) is 37.2 Å². The molecule has 1 aromatic heterocycles. The molecule has 0 aliphatic carbocycles. The molecule has 0 atom stereocenters. The van der Waals surface area contributed by atoms with Crippen LogP contribution in [0.3, 0.4) is 0 Å². The van der Waals surface area contributed by atoms with Crippen molar-refractivity contribution in [3.8, 4) is 5.88 Å². The number of aromatic nitrogens is 1. The van der Waals surface area contributed by atoms with Crippen LogP contribution in [-0.4, -0.2) is 42.7 Å². The van der Waals surface area contributed by atoms with Crippen LogP contribution in [0.1, 0.15) is 45.6 Å². The van der Waals surface area contributed by atoms with E-state index in [-0.39, 0.29) is 11.9 Å². The predicted octanol–water partition coefficient (Wildman–Crippen LogP) is 2.64. The highest BCUT2D eigenvalue weighted by Crippen LogP contribution is 2.25. The van der Waals surface area contributed by atoms with Crippen LogP contribution in [0, 0.1) is 5.41 Å². The number of rotatable bonds is 6. The molecule has 0 unspecified atom stereocenters. The molecule has 1 aliphatic heterocycles. The highest BCUT2D eigenvalue weighted by Gasteiger charge is 2.26. The molecular formula is C18H27N3O2. The molecule has 1 aliphatic rings. The second-order valence-corrected chi connectivity index (χ2v) is 6.74. The number of nitrogens with zero attached hydrogens (tertiary/aromatic N) is 2. The van der Waals surface area contributed by atoms with Crippen molar-refractivity contribution >= 4 is 11.5 Å². The van der Waals surface area contributed by atoms with E-state index in [1.165, 1.54) is 0 Å². The van der Waals surface area contributed by atoms with Crippen molar-refractivity contribution in [2.75, 3.05) is 20.1 Å². The van der Waals surface area contributed by atoms with Gasteiger partial charge in [0.05, 0.1) is 0 Å². The van der Waals surface area contributed by atoms with Crippen LogP contribution in [0.5, 0.6) is 5.88 Å². The second-order valence-electron chi connectivity index (χ2n) is 6.74. The third-order valence-corrected chi connectivity index (χ3v) is 4.48. The lowest BCUT2D eigenvalue weighted by atomic mass is 9.82. The lowest BCUT2D eigenvalue weighted by Crippen LogP contribution is -2.34. The number of carbonyl (C=O) groups excluding carboxylic acids is 1. The first kappa shape index (κ1) is 17.6. The zero-order valence-corrected chi connectivity index (χ0v) is 14.6. The fraction of sp³-hybridized carbons (Fsp3) is 0.611. The Morgan fingerprint density at radius 2 is 2.09 bits per heavy atom. The van der Waals surface area contributed by atoms with Crippen LogP contribution in [0.15, 0.2) is 23.3 Å². The standard InChI is InChI=1S/C18H27N3O2/c1-13(22)18(2,3)11-16(19-4)14-5-6-17(21-12-14)23-15-7-9-20-10-8-15/h5-6,12,15,20H,7-11H2,1-4H3.